The van der Waals surface area contributed by atoms with Gasteiger partial charge in [-0.15, -0.1) is 0 Å². The summed E-state index contributed by atoms with van der Waals surface area (Å²) in [6.45, 7) is 5.80. The predicted molar refractivity (Wildman–Crippen MR) is 128 cm³/mol. The third-order valence-electron chi connectivity index (χ3n) is 6.06. The maximum absolute atomic E-state index is 15.0. The molecule has 2 N–H and O–H groups in total. The average molecular weight is 453 g/mol. The molecule has 2 aromatic carbocycles. The molecule has 33 heavy (non-hydrogen) atoms. The number of rotatable bonds is 7. The highest BCUT2D eigenvalue weighted by Crippen LogP contribution is 2.30. The van der Waals surface area contributed by atoms with Crippen LogP contribution < -0.4 is 10.6 Å². The van der Waals surface area contributed by atoms with E-state index in [-0.39, 0.29) is 17.0 Å². The minimum atomic E-state index is -1.09. The Hall–Kier alpha value is -3.28. The summed E-state index contributed by atoms with van der Waals surface area (Å²) in [5, 5.41) is 5.34. The molecule has 6 heteroatoms. The first-order chi connectivity index (χ1) is 15.8. The Morgan fingerprint density at radius 2 is 1.82 bits per heavy atom. The summed E-state index contributed by atoms with van der Waals surface area (Å²) in [6.07, 6.45) is 3.55. The Kier molecular flexibility index (Phi) is 8.15. The van der Waals surface area contributed by atoms with Gasteiger partial charge >= 0.3 is 0 Å². The van der Waals surface area contributed by atoms with E-state index in [9.17, 15) is 14.0 Å². The molecule has 1 fully saturated rings. The van der Waals surface area contributed by atoms with E-state index in [2.05, 4.69) is 17.2 Å². The van der Waals surface area contributed by atoms with E-state index in [0.717, 1.165) is 18.4 Å². The molecule has 0 heterocycles. The van der Waals surface area contributed by atoms with Gasteiger partial charge in [-0.25, -0.2) is 8.78 Å². The summed E-state index contributed by atoms with van der Waals surface area (Å²) in [5.74, 6) is -1.20. The largest absolute Gasteiger partial charge is 0.355 e. The first-order valence-corrected chi connectivity index (χ1v) is 11.2. The smallest absolute Gasteiger partial charge is 0.251 e. The van der Waals surface area contributed by atoms with Gasteiger partial charge in [0.05, 0.1) is 6.04 Å². The van der Waals surface area contributed by atoms with Crippen molar-refractivity contribution in [1.82, 2.24) is 10.6 Å². The van der Waals surface area contributed by atoms with E-state index < -0.39 is 23.9 Å². The maximum atomic E-state index is 15.0. The first-order valence-electron chi connectivity index (χ1n) is 11.2. The highest BCUT2D eigenvalue weighted by atomic mass is 19.1. The Balaban J connectivity index is 1.84. The molecule has 4 nitrogen and oxygen atoms in total. The van der Waals surface area contributed by atoms with Crippen molar-refractivity contribution in [2.45, 2.75) is 51.2 Å². The van der Waals surface area contributed by atoms with Crippen molar-refractivity contribution in [3.8, 4) is 0 Å². The van der Waals surface area contributed by atoms with Crippen LogP contribution in [-0.4, -0.2) is 31.1 Å². The molecule has 0 radical (unpaired) electrons. The van der Waals surface area contributed by atoms with Crippen LogP contribution in [0.3, 0.4) is 0 Å². The molecule has 2 aromatic rings. The molecule has 0 saturated heterocycles. The fourth-order valence-corrected chi connectivity index (χ4v) is 4.24. The van der Waals surface area contributed by atoms with Crippen molar-refractivity contribution in [2.75, 3.05) is 7.05 Å². The van der Waals surface area contributed by atoms with E-state index in [1.165, 1.54) is 6.07 Å². The van der Waals surface area contributed by atoms with Crippen LogP contribution in [0.25, 0.3) is 11.1 Å². The van der Waals surface area contributed by atoms with Crippen LogP contribution >= 0.6 is 0 Å². The molecule has 3 rings (SSSR count). The number of benzene rings is 2. The molecule has 174 valence electrons. The monoisotopic (exact) mass is 452 g/mol. The Morgan fingerprint density at radius 1 is 1.12 bits per heavy atom. The highest BCUT2D eigenvalue weighted by molar-refractivity contribution is 6.20. The molecule has 0 bridgehead atoms. The van der Waals surface area contributed by atoms with Gasteiger partial charge in [-0.3, -0.25) is 9.59 Å². The van der Waals surface area contributed by atoms with Crippen LogP contribution in [0.1, 0.15) is 59.7 Å². The van der Waals surface area contributed by atoms with Crippen LogP contribution in [0.2, 0.25) is 0 Å². The number of hydrogen-bond acceptors (Lipinski definition) is 2. The standard InChI is InChI=1S/C27H30F2N2O2/c1-4-20(27(33)31-24-11-6-5-9-22(24)28)25-21(8-7-10-23(25)29)17(2)16-18-12-14-19(15-13-18)26(32)30-3/h4,7-8,10,12-15,22,24H,2,5-6,9,11,16H2,1,3H3,(H,30,32)(H,31,33). The number of hydrogen-bond donors (Lipinski definition) is 2. The minimum Gasteiger partial charge on any atom is -0.355 e. The van der Waals surface area contributed by atoms with Crippen LogP contribution in [0.5, 0.6) is 0 Å². The molecule has 0 spiro atoms. The van der Waals surface area contributed by atoms with Gasteiger partial charge in [0.2, 0.25) is 0 Å². The van der Waals surface area contributed by atoms with Gasteiger partial charge in [0, 0.05) is 23.7 Å². The molecule has 2 amide bonds. The van der Waals surface area contributed by atoms with Gasteiger partial charge in [-0.05, 0) is 61.1 Å². The van der Waals surface area contributed by atoms with Gasteiger partial charge < -0.3 is 10.6 Å². The highest BCUT2D eigenvalue weighted by Gasteiger charge is 2.28. The topological polar surface area (TPSA) is 58.2 Å². The first kappa shape index (κ1) is 24.4. The van der Waals surface area contributed by atoms with Crippen LogP contribution in [0.4, 0.5) is 8.78 Å². The van der Waals surface area contributed by atoms with E-state index in [4.69, 9.17) is 0 Å². The van der Waals surface area contributed by atoms with E-state index in [0.29, 0.717) is 36.0 Å². The molecule has 2 atom stereocenters. The molecule has 0 aliphatic heterocycles. The zero-order valence-electron chi connectivity index (χ0n) is 19.1. The third kappa shape index (κ3) is 5.75. The summed E-state index contributed by atoms with van der Waals surface area (Å²) in [7, 11) is 1.57. The van der Waals surface area contributed by atoms with Gasteiger partial charge in [0.1, 0.15) is 12.0 Å². The van der Waals surface area contributed by atoms with E-state index in [1.807, 2.05) is 12.1 Å². The normalized spacial score (nSPS) is 18.5. The fraction of sp³-hybridized carbons (Fsp3) is 0.333. The molecular weight excluding hydrogens is 422 g/mol. The maximum Gasteiger partial charge on any atom is 0.251 e. The number of alkyl halides is 1. The summed E-state index contributed by atoms with van der Waals surface area (Å²) in [5.41, 5.74) is 2.92. The average Bonchev–Trinajstić information content (AvgIpc) is 2.82. The quantitative estimate of drug-likeness (QED) is 0.565. The zero-order chi connectivity index (χ0) is 24.0. The van der Waals surface area contributed by atoms with Crippen LogP contribution in [0.15, 0.2) is 55.1 Å². The summed E-state index contributed by atoms with van der Waals surface area (Å²) in [4.78, 5) is 24.8. The molecule has 1 saturated carbocycles. The van der Waals surface area contributed by atoms with Crippen LogP contribution in [0, 0.1) is 5.82 Å². The Morgan fingerprint density at radius 3 is 2.45 bits per heavy atom. The van der Waals surface area contributed by atoms with Crippen molar-refractivity contribution in [1.29, 1.82) is 0 Å². The van der Waals surface area contributed by atoms with Crippen molar-refractivity contribution in [3.63, 3.8) is 0 Å². The lowest BCUT2D eigenvalue weighted by Crippen LogP contribution is -2.43. The van der Waals surface area contributed by atoms with Gasteiger partial charge in [-0.2, -0.15) is 0 Å². The van der Waals surface area contributed by atoms with Crippen molar-refractivity contribution < 1.29 is 18.4 Å². The summed E-state index contributed by atoms with van der Waals surface area (Å²) in [6, 6.07) is 11.1. The SMILES string of the molecule is C=C(Cc1ccc(C(=O)NC)cc1)c1cccc(F)c1C(=CC)C(=O)NC1CCCCC1F. The number of halogens is 2. The third-order valence-corrected chi connectivity index (χ3v) is 6.06. The number of amides is 2. The molecule has 2 unspecified atom stereocenters. The number of allylic oxidation sites excluding steroid dienone is 2. The van der Waals surface area contributed by atoms with Gasteiger partial charge in [-0.1, -0.05) is 49.8 Å². The van der Waals surface area contributed by atoms with E-state index in [1.54, 1.807) is 44.3 Å². The predicted octanol–water partition coefficient (Wildman–Crippen LogP) is 5.24. The lowest BCUT2D eigenvalue weighted by Gasteiger charge is -2.27. The Bertz CT molecular complexity index is 1060. The molecule has 1 aliphatic rings. The zero-order valence-corrected chi connectivity index (χ0v) is 19.1. The molecular formula is C27H30F2N2O2. The fourth-order valence-electron chi connectivity index (χ4n) is 4.24. The number of carbonyl (C=O) groups excluding carboxylic acids is 2. The lowest BCUT2D eigenvalue weighted by molar-refractivity contribution is -0.117. The number of carbonyl (C=O) groups is 2. The summed E-state index contributed by atoms with van der Waals surface area (Å²) < 4.78 is 29.3. The Labute approximate surface area is 193 Å². The minimum absolute atomic E-state index is 0.163. The second kappa shape index (κ2) is 11.0. The second-order valence-electron chi connectivity index (χ2n) is 8.30. The van der Waals surface area contributed by atoms with Crippen LogP contribution in [-0.2, 0) is 11.2 Å². The number of nitrogens with one attached hydrogen (secondary N) is 2. The van der Waals surface area contributed by atoms with Gasteiger partial charge in [0.25, 0.3) is 11.8 Å². The van der Waals surface area contributed by atoms with Gasteiger partial charge in [0.15, 0.2) is 0 Å². The molecule has 0 aromatic heterocycles. The van der Waals surface area contributed by atoms with Crippen molar-refractivity contribution >= 4 is 23.0 Å². The second-order valence-corrected chi connectivity index (χ2v) is 8.30. The van der Waals surface area contributed by atoms with Crippen molar-refractivity contribution in [2.24, 2.45) is 0 Å². The summed E-state index contributed by atoms with van der Waals surface area (Å²) >= 11 is 0. The van der Waals surface area contributed by atoms with Crippen molar-refractivity contribution in [3.05, 3.63) is 83.2 Å². The van der Waals surface area contributed by atoms with E-state index >= 15 is 4.39 Å². The lowest BCUT2D eigenvalue weighted by atomic mass is 9.89. The molecule has 1 aliphatic carbocycles.